The summed E-state index contributed by atoms with van der Waals surface area (Å²) in [5.41, 5.74) is 0. The Balaban J connectivity index is 0.000000437. The Bertz CT molecular complexity index is 197. The number of nitrogens with zero attached hydrogens (tertiary/aromatic N) is 2. The van der Waals surface area contributed by atoms with Crippen molar-refractivity contribution in [1.29, 1.82) is 0 Å². The highest BCUT2D eigenvalue weighted by atomic mass is 19.1. The fraction of sp³-hybridized carbons (Fsp3) is 0.846. The molecule has 4 heteroatoms. The van der Waals surface area contributed by atoms with Crippen molar-refractivity contribution in [3.63, 3.8) is 0 Å². The number of nitrogens with one attached hydrogen (secondary N) is 1. The summed E-state index contributed by atoms with van der Waals surface area (Å²) in [6.07, 6.45) is 4.24. The predicted octanol–water partition coefficient (Wildman–Crippen LogP) is 1.72. The second-order valence-electron chi connectivity index (χ2n) is 4.94. The SMILES string of the molecule is C=CN(C)C.CC1CCC(CN(C)CCF)N1. The molecule has 1 heterocycles. The molecule has 1 aliphatic heterocycles. The predicted molar refractivity (Wildman–Crippen MR) is 73.0 cm³/mol. The Morgan fingerprint density at radius 2 is 1.94 bits per heavy atom. The van der Waals surface area contributed by atoms with E-state index in [1.807, 2.05) is 26.0 Å². The van der Waals surface area contributed by atoms with Crippen LogP contribution in [-0.4, -0.2) is 62.8 Å². The Kier molecular flexibility index (Phi) is 9.09. The maximum Gasteiger partial charge on any atom is 0.102 e. The molecule has 2 unspecified atom stereocenters. The minimum atomic E-state index is -0.237. The van der Waals surface area contributed by atoms with E-state index < -0.39 is 0 Å². The van der Waals surface area contributed by atoms with Crippen molar-refractivity contribution in [1.82, 2.24) is 15.1 Å². The van der Waals surface area contributed by atoms with Crippen molar-refractivity contribution in [3.05, 3.63) is 12.8 Å². The third-order valence-corrected chi connectivity index (χ3v) is 2.83. The van der Waals surface area contributed by atoms with Crippen LogP contribution in [0.15, 0.2) is 12.8 Å². The van der Waals surface area contributed by atoms with Crippen molar-refractivity contribution in [2.24, 2.45) is 0 Å². The van der Waals surface area contributed by atoms with E-state index in [1.165, 1.54) is 12.8 Å². The lowest BCUT2D eigenvalue weighted by atomic mass is 10.2. The Hall–Kier alpha value is -0.610. The molecule has 0 aromatic carbocycles. The number of likely N-dealkylation sites (N-methyl/N-ethyl adjacent to an activating group) is 1. The molecule has 0 aliphatic carbocycles. The summed E-state index contributed by atoms with van der Waals surface area (Å²) in [6.45, 7) is 6.99. The van der Waals surface area contributed by atoms with Crippen molar-refractivity contribution in [3.8, 4) is 0 Å². The number of rotatable bonds is 5. The van der Waals surface area contributed by atoms with Crippen LogP contribution in [0.4, 0.5) is 4.39 Å². The van der Waals surface area contributed by atoms with Crippen LogP contribution in [0.3, 0.4) is 0 Å². The minimum Gasteiger partial charge on any atom is -0.384 e. The molecule has 102 valence electrons. The molecule has 17 heavy (non-hydrogen) atoms. The molecule has 2 atom stereocenters. The quantitative estimate of drug-likeness (QED) is 0.795. The molecule has 1 N–H and O–H groups in total. The first-order valence-corrected chi connectivity index (χ1v) is 6.29. The van der Waals surface area contributed by atoms with Crippen LogP contribution in [-0.2, 0) is 0 Å². The molecule has 1 saturated heterocycles. The van der Waals surface area contributed by atoms with Gasteiger partial charge < -0.3 is 15.1 Å². The molecular formula is C13H28FN3. The fourth-order valence-corrected chi connectivity index (χ4v) is 1.78. The van der Waals surface area contributed by atoms with E-state index in [4.69, 9.17) is 0 Å². The first-order chi connectivity index (χ1) is 7.99. The van der Waals surface area contributed by atoms with Crippen LogP contribution < -0.4 is 5.32 Å². The maximum absolute atomic E-state index is 11.9. The molecular weight excluding hydrogens is 217 g/mol. The van der Waals surface area contributed by atoms with Gasteiger partial charge in [-0.15, -0.1) is 0 Å². The second-order valence-corrected chi connectivity index (χ2v) is 4.94. The van der Waals surface area contributed by atoms with Gasteiger partial charge in [0.05, 0.1) is 0 Å². The molecule has 0 amide bonds. The van der Waals surface area contributed by atoms with Gasteiger partial charge in [0.15, 0.2) is 0 Å². The van der Waals surface area contributed by atoms with E-state index in [0.717, 1.165) is 6.54 Å². The van der Waals surface area contributed by atoms with E-state index in [0.29, 0.717) is 18.6 Å². The van der Waals surface area contributed by atoms with Crippen LogP contribution in [0.1, 0.15) is 19.8 Å². The van der Waals surface area contributed by atoms with Crippen LogP contribution in [0, 0.1) is 0 Å². The largest absolute Gasteiger partial charge is 0.384 e. The molecule has 0 aromatic heterocycles. The summed E-state index contributed by atoms with van der Waals surface area (Å²) in [4.78, 5) is 3.94. The average molecular weight is 245 g/mol. The van der Waals surface area contributed by atoms with Gasteiger partial charge in [0, 0.05) is 39.3 Å². The van der Waals surface area contributed by atoms with E-state index in [9.17, 15) is 4.39 Å². The summed E-state index contributed by atoms with van der Waals surface area (Å²) in [5, 5.41) is 3.48. The smallest absolute Gasteiger partial charge is 0.102 e. The Labute approximate surface area is 106 Å². The topological polar surface area (TPSA) is 18.5 Å². The molecule has 1 rings (SSSR count). The zero-order chi connectivity index (χ0) is 13.3. The average Bonchev–Trinajstić information content (AvgIpc) is 2.65. The summed E-state index contributed by atoms with van der Waals surface area (Å²) < 4.78 is 11.9. The number of halogens is 1. The van der Waals surface area contributed by atoms with Crippen LogP contribution in [0.25, 0.3) is 0 Å². The molecule has 1 aliphatic rings. The molecule has 1 fully saturated rings. The van der Waals surface area contributed by atoms with Crippen molar-refractivity contribution in [2.45, 2.75) is 31.8 Å². The van der Waals surface area contributed by atoms with E-state index in [-0.39, 0.29) is 6.67 Å². The number of hydrogen-bond acceptors (Lipinski definition) is 3. The lowest BCUT2D eigenvalue weighted by molar-refractivity contribution is 0.270. The summed E-state index contributed by atoms with van der Waals surface area (Å²) in [5.74, 6) is 0. The minimum absolute atomic E-state index is 0.237. The van der Waals surface area contributed by atoms with Gasteiger partial charge in [-0.1, -0.05) is 6.58 Å². The van der Waals surface area contributed by atoms with Gasteiger partial charge in [0.2, 0.25) is 0 Å². The lowest BCUT2D eigenvalue weighted by Gasteiger charge is -2.20. The highest BCUT2D eigenvalue weighted by Crippen LogP contribution is 2.11. The normalized spacial score (nSPS) is 23.2. The van der Waals surface area contributed by atoms with Crippen molar-refractivity contribution >= 4 is 0 Å². The molecule has 0 radical (unpaired) electrons. The zero-order valence-corrected chi connectivity index (χ0v) is 11.7. The van der Waals surface area contributed by atoms with Gasteiger partial charge in [-0.3, -0.25) is 0 Å². The monoisotopic (exact) mass is 245 g/mol. The van der Waals surface area contributed by atoms with Gasteiger partial charge in [0.25, 0.3) is 0 Å². The van der Waals surface area contributed by atoms with Gasteiger partial charge in [-0.05, 0) is 33.0 Å². The molecule has 0 bridgehead atoms. The van der Waals surface area contributed by atoms with Crippen molar-refractivity contribution < 1.29 is 4.39 Å². The van der Waals surface area contributed by atoms with Gasteiger partial charge >= 0.3 is 0 Å². The third kappa shape index (κ3) is 9.12. The first-order valence-electron chi connectivity index (χ1n) is 6.29. The summed E-state index contributed by atoms with van der Waals surface area (Å²) in [7, 11) is 5.85. The highest BCUT2D eigenvalue weighted by molar-refractivity contribution is 4.82. The summed E-state index contributed by atoms with van der Waals surface area (Å²) in [6, 6.07) is 1.23. The van der Waals surface area contributed by atoms with Crippen LogP contribution >= 0.6 is 0 Å². The Morgan fingerprint density at radius 1 is 1.35 bits per heavy atom. The second kappa shape index (κ2) is 9.42. The van der Waals surface area contributed by atoms with Gasteiger partial charge in [0.1, 0.15) is 6.67 Å². The van der Waals surface area contributed by atoms with Crippen LogP contribution in [0.2, 0.25) is 0 Å². The fourth-order valence-electron chi connectivity index (χ4n) is 1.78. The van der Waals surface area contributed by atoms with E-state index in [1.54, 1.807) is 6.20 Å². The number of alkyl halides is 1. The molecule has 0 aromatic rings. The highest BCUT2D eigenvalue weighted by Gasteiger charge is 2.20. The van der Waals surface area contributed by atoms with Crippen molar-refractivity contribution in [2.75, 3.05) is 40.9 Å². The van der Waals surface area contributed by atoms with Crippen LogP contribution in [0.5, 0.6) is 0 Å². The molecule has 3 nitrogen and oxygen atoms in total. The Morgan fingerprint density at radius 3 is 2.29 bits per heavy atom. The van der Waals surface area contributed by atoms with Gasteiger partial charge in [-0.25, -0.2) is 4.39 Å². The maximum atomic E-state index is 11.9. The standard InChI is InChI=1S/C9H19FN2.C4H9N/c1-8-3-4-9(11-8)7-12(2)6-5-10;1-4-5(2)3/h8-9,11H,3-7H2,1-2H3;4H,1H2,2-3H3. The van der Waals surface area contributed by atoms with E-state index >= 15 is 0 Å². The summed E-state index contributed by atoms with van der Waals surface area (Å²) >= 11 is 0. The third-order valence-electron chi connectivity index (χ3n) is 2.83. The first kappa shape index (κ1) is 16.4. The number of hydrogen-bond donors (Lipinski definition) is 1. The van der Waals surface area contributed by atoms with Gasteiger partial charge in [-0.2, -0.15) is 0 Å². The lowest BCUT2D eigenvalue weighted by Crippen LogP contribution is -2.38. The zero-order valence-electron chi connectivity index (χ0n) is 11.7. The molecule has 0 spiro atoms. The van der Waals surface area contributed by atoms with E-state index in [2.05, 4.69) is 23.7 Å². The molecule has 0 saturated carbocycles.